The number of para-hydroxylation sites is 1. The Hall–Kier alpha value is -1.77. The number of fused-ring (bicyclic) bond motifs is 3. The fourth-order valence-corrected chi connectivity index (χ4v) is 2.88. The number of nitrogens with one attached hydrogen (secondary N) is 1. The van der Waals surface area contributed by atoms with Gasteiger partial charge in [-0.05, 0) is 51.2 Å². The lowest BCUT2D eigenvalue weighted by Crippen LogP contribution is -2.11. The normalized spacial score (nSPS) is 14.7. The number of ether oxygens (including phenoxy) is 1. The van der Waals surface area contributed by atoms with Crippen LogP contribution in [0, 0.1) is 0 Å². The molecule has 0 fully saturated rings. The first-order valence-corrected chi connectivity index (χ1v) is 7.00. The van der Waals surface area contributed by atoms with Gasteiger partial charge in [-0.15, -0.1) is 0 Å². The molecule has 2 aromatic rings. The van der Waals surface area contributed by atoms with E-state index in [0.29, 0.717) is 5.56 Å². The van der Waals surface area contributed by atoms with E-state index in [4.69, 9.17) is 4.74 Å². The molecule has 3 nitrogen and oxygen atoms in total. The first-order chi connectivity index (χ1) is 9.16. The maximum absolute atomic E-state index is 12.1. The van der Waals surface area contributed by atoms with E-state index in [1.54, 1.807) is 0 Å². The van der Waals surface area contributed by atoms with Crippen molar-refractivity contribution in [3.8, 4) is 0 Å². The molecule has 3 heteroatoms. The van der Waals surface area contributed by atoms with Crippen LogP contribution in [0.15, 0.2) is 18.2 Å². The van der Waals surface area contributed by atoms with E-state index in [-0.39, 0.29) is 12.1 Å². The Morgan fingerprint density at radius 2 is 2.05 bits per heavy atom. The van der Waals surface area contributed by atoms with Gasteiger partial charge in [-0.1, -0.05) is 12.1 Å². The van der Waals surface area contributed by atoms with Gasteiger partial charge in [-0.2, -0.15) is 0 Å². The number of carbonyl (C=O) groups is 1. The van der Waals surface area contributed by atoms with Crippen LogP contribution in [0.2, 0.25) is 0 Å². The number of hydrogen-bond acceptors (Lipinski definition) is 2. The van der Waals surface area contributed by atoms with E-state index in [9.17, 15) is 4.79 Å². The summed E-state index contributed by atoms with van der Waals surface area (Å²) in [5.74, 6) is -0.237. The molecule has 0 atom stereocenters. The van der Waals surface area contributed by atoms with Crippen LogP contribution in [0.1, 0.15) is 48.3 Å². The quantitative estimate of drug-likeness (QED) is 0.835. The van der Waals surface area contributed by atoms with Crippen LogP contribution >= 0.6 is 0 Å². The minimum Gasteiger partial charge on any atom is -0.459 e. The molecule has 0 unspecified atom stereocenters. The zero-order chi connectivity index (χ0) is 13.4. The van der Waals surface area contributed by atoms with Crippen LogP contribution in [0.4, 0.5) is 0 Å². The Bertz CT molecular complexity index is 625. The van der Waals surface area contributed by atoms with Crippen LogP contribution in [0.25, 0.3) is 10.9 Å². The lowest BCUT2D eigenvalue weighted by molar-refractivity contribution is 0.0380. The molecule has 0 aliphatic heterocycles. The molecule has 0 spiro atoms. The lowest BCUT2D eigenvalue weighted by atomic mass is 9.95. The summed E-state index contributed by atoms with van der Waals surface area (Å²) in [4.78, 5) is 15.6. The third-order valence-electron chi connectivity index (χ3n) is 3.70. The first kappa shape index (κ1) is 12.3. The summed E-state index contributed by atoms with van der Waals surface area (Å²) in [6.07, 6.45) is 4.57. The summed E-state index contributed by atoms with van der Waals surface area (Å²) in [5.41, 5.74) is 4.28. The maximum Gasteiger partial charge on any atom is 0.340 e. The van der Waals surface area contributed by atoms with Crippen molar-refractivity contribution < 1.29 is 9.53 Å². The van der Waals surface area contributed by atoms with Gasteiger partial charge in [0, 0.05) is 11.1 Å². The first-order valence-electron chi connectivity index (χ1n) is 7.00. The highest BCUT2D eigenvalue weighted by Gasteiger charge is 2.20. The van der Waals surface area contributed by atoms with Crippen LogP contribution in [0.5, 0.6) is 0 Å². The van der Waals surface area contributed by atoms with Gasteiger partial charge < -0.3 is 9.72 Å². The molecule has 100 valence electrons. The Kier molecular flexibility index (Phi) is 3.05. The molecule has 3 rings (SSSR count). The number of aromatic nitrogens is 1. The van der Waals surface area contributed by atoms with Gasteiger partial charge in [-0.25, -0.2) is 4.79 Å². The third kappa shape index (κ3) is 2.14. The molecule has 1 heterocycles. The molecule has 1 aliphatic carbocycles. The minimum absolute atomic E-state index is 0.0904. The van der Waals surface area contributed by atoms with Gasteiger partial charge >= 0.3 is 5.97 Å². The number of benzene rings is 1. The van der Waals surface area contributed by atoms with Gasteiger partial charge in [0.2, 0.25) is 0 Å². The van der Waals surface area contributed by atoms with Crippen molar-refractivity contribution in [2.24, 2.45) is 0 Å². The summed E-state index contributed by atoms with van der Waals surface area (Å²) < 4.78 is 5.32. The van der Waals surface area contributed by atoms with Crippen molar-refractivity contribution in [1.29, 1.82) is 0 Å². The van der Waals surface area contributed by atoms with E-state index in [1.165, 1.54) is 29.5 Å². The van der Waals surface area contributed by atoms with E-state index < -0.39 is 0 Å². The SMILES string of the molecule is CC(C)OC(=O)c1cccc2c3c([nH]c12)CCCC3. The van der Waals surface area contributed by atoms with Crippen molar-refractivity contribution in [3.63, 3.8) is 0 Å². The Morgan fingerprint density at radius 1 is 1.26 bits per heavy atom. The van der Waals surface area contributed by atoms with Crippen molar-refractivity contribution >= 4 is 16.9 Å². The molecule has 19 heavy (non-hydrogen) atoms. The monoisotopic (exact) mass is 257 g/mol. The number of H-pyrrole nitrogens is 1. The summed E-state index contributed by atoms with van der Waals surface area (Å²) in [7, 11) is 0. The number of rotatable bonds is 2. The standard InChI is InChI=1S/C16H19NO2/c1-10(2)19-16(18)13-8-5-7-12-11-6-3-4-9-14(11)17-15(12)13/h5,7-8,10,17H,3-4,6,9H2,1-2H3. The van der Waals surface area contributed by atoms with E-state index in [1.807, 2.05) is 26.0 Å². The van der Waals surface area contributed by atoms with Gasteiger partial charge in [0.15, 0.2) is 0 Å². The number of esters is 1. The molecular formula is C16H19NO2. The van der Waals surface area contributed by atoms with Gasteiger partial charge in [0.05, 0.1) is 17.2 Å². The maximum atomic E-state index is 12.1. The van der Waals surface area contributed by atoms with Crippen LogP contribution < -0.4 is 0 Å². The fraction of sp³-hybridized carbons (Fsp3) is 0.438. The molecule has 0 saturated carbocycles. The van der Waals surface area contributed by atoms with Crippen LogP contribution in [-0.2, 0) is 17.6 Å². The van der Waals surface area contributed by atoms with Crippen LogP contribution in [-0.4, -0.2) is 17.1 Å². The number of aryl methyl sites for hydroxylation is 2. The molecule has 0 bridgehead atoms. The molecule has 0 saturated heterocycles. The number of aromatic amines is 1. The lowest BCUT2D eigenvalue weighted by Gasteiger charge is -2.10. The largest absolute Gasteiger partial charge is 0.459 e. The van der Waals surface area contributed by atoms with Gasteiger partial charge in [0.25, 0.3) is 0 Å². The third-order valence-corrected chi connectivity index (χ3v) is 3.70. The molecule has 0 amide bonds. The van der Waals surface area contributed by atoms with E-state index in [0.717, 1.165) is 18.4 Å². The average Bonchev–Trinajstić information content (AvgIpc) is 2.76. The van der Waals surface area contributed by atoms with Crippen molar-refractivity contribution in [2.75, 3.05) is 0 Å². The minimum atomic E-state index is -0.237. The highest BCUT2D eigenvalue weighted by molar-refractivity contribution is 6.04. The smallest absolute Gasteiger partial charge is 0.340 e. The van der Waals surface area contributed by atoms with E-state index >= 15 is 0 Å². The van der Waals surface area contributed by atoms with Crippen molar-refractivity contribution in [1.82, 2.24) is 4.98 Å². The summed E-state index contributed by atoms with van der Waals surface area (Å²) in [6, 6.07) is 5.89. The van der Waals surface area contributed by atoms with Gasteiger partial charge in [-0.3, -0.25) is 0 Å². The fourth-order valence-electron chi connectivity index (χ4n) is 2.88. The molecule has 0 radical (unpaired) electrons. The average molecular weight is 257 g/mol. The molecule has 1 aromatic heterocycles. The van der Waals surface area contributed by atoms with Crippen molar-refractivity contribution in [2.45, 2.75) is 45.6 Å². The number of carbonyl (C=O) groups excluding carboxylic acids is 1. The topological polar surface area (TPSA) is 42.1 Å². The Balaban J connectivity index is 2.11. The second kappa shape index (κ2) is 4.72. The van der Waals surface area contributed by atoms with Crippen molar-refractivity contribution in [3.05, 3.63) is 35.0 Å². The second-order valence-electron chi connectivity index (χ2n) is 5.47. The van der Waals surface area contributed by atoms with Crippen LogP contribution in [0.3, 0.4) is 0 Å². The summed E-state index contributed by atoms with van der Waals surface area (Å²) >= 11 is 0. The Labute approximate surface area is 113 Å². The summed E-state index contributed by atoms with van der Waals surface area (Å²) in [6.45, 7) is 3.75. The molecule has 1 aromatic carbocycles. The predicted molar refractivity (Wildman–Crippen MR) is 75.5 cm³/mol. The number of hydrogen-bond donors (Lipinski definition) is 1. The second-order valence-corrected chi connectivity index (χ2v) is 5.47. The summed E-state index contributed by atoms with van der Waals surface area (Å²) in [5, 5.41) is 1.19. The van der Waals surface area contributed by atoms with E-state index in [2.05, 4.69) is 11.1 Å². The highest BCUT2D eigenvalue weighted by Crippen LogP contribution is 2.31. The molecular weight excluding hydrogens is 238 g/mol. The zero-order valence-electron chi connectivity index (χ0n) is 11.5. The van der Waals surface area contributed by atoms with Gasteiger partial charge in [0.1, 0.15) is 0 Å². The highest BCUT2D eigenvalue weighted by atomic mass is 16.5. The predicted octanol–water partition coefficient (Wildman–Crippen LogP) is 3.61. The zero-order valence-corrected chi connectivity index (χ0v) is 11.5. The molecule has 1 aliphatic rings. The molecule has 1 N–H and O–H groups in total. The Morgan fingerprint density at radius 3 is 2.84 bits per heavy atom.